The molecule has 2 atom stereocenters. The van der Waals surface area contributed by atoms with E-state index in [0.717, 1.165) is 21.3 Å². The fourth-order valence-corrected chi connectivity index (χ4v) is 5.22. The summed E-state index contributed by atoms with van der Waals surface area (Å²) in [5.74, 6) is -4.37. The van der Waals surface area contributed by atoms with Gasteiger partial charge in [-0.15, -0.1) is 23.2 Å². The molecular weight excluding hydrogens is 622 g/mol. The maximum Gasteiger partial charge on any atom is 0.257 e. The fourth-order valence-electron chi connectivity index (χ4n) is 3.62. The Morgan fingerprint density at radius 2 is 1.76 bits per heavy atom. The SMILES string of the molecule is Nc1c(F)ccc(NC(=O)c2cc(NC(=O)C3C(c4cccc(I)c4)C3(Cl)Cl)ccc2Cl)c1F. The van der Waals surface area contributed by atoms with Crippen LogP contribution in [-0.2, 0) is 4.79 Å². The van der Waals surface area contributed by atoms with Crippen molar-refractivity contribution in [1.82, 2.24) is 0 Å². The fraction of sp³-hybridized carbons (Fsp3) is 0.130. The number of nitrogens with two attached hydrogens (primary N) is 1. The number of amides is 2. The Morgan fingerprint density at radius 1 is 1.03 bits per heavy atom. The van der Waals surface area contributed by atoms with Crippen molar-refractivity contribution in [3.8, 4) is 0 Å². The van der Waals surface area contributed by atoms with E-state index in [1.165, 1.54) is 18.2 Å². The first-order chi connectivity index (χ1) is 16.0. The molecule has 176 valence electrons. The zero-order valence-electron chi connectivity index (χ0n) is 17.0. The third-order valence-corrected chi connectivity index (χ3v) is 7.34. The van der Waals surface area contributed by atoms with Crippen LogP contribution >= 0.6 is 57.4 Å². The van der Waals surface area contributed by atoms with E-state index < -0.39 is 45.3 Å². The van der Waals surface area contributed by atoms with Gasteiger partial charge in [0.15, 0.2) is 5.82 Å². The summed E-state index contributed by atoms with van der Waals surface area (Å²) in [5, 5.41) is 5.05. The third kappa shape index (κ3) is 4.82. The van der Waals surface area contributed by atoms with E-state index in [-0.39, 0.29) is 22.0 Å². The second-order valence-electron chi connectivity index (χ2n) is 7.65. The minimum absolute atomic E-state index is 0.0465. The van der Waals surface area contributed by atoms with Crippen molar-refractivity contribution in [1.29, 1.82) is 0 Å². The number of alkyl halides is 2. The number of rotatable bonds is 5. The molecule has 0 spiro atoms. The molecule has 0 bridgehead atoms. The molecule has 0 aliphatic heterocycles. The van der Waals surface area contributed by atoms with Crippen molar-refractivity contribution in [2.75, 3.05) is 16.4 Å². The predicted molar refractivity (Wildman–Crippen MR) is 139 cm³/mol. The highest BCUT2D eigenvalue weighted by atomic mass is 127. The number of hydrogen-bond donors (Lipinski definition) is 3. The second-order valence-corrected chi connectivity index (χ2v) is 10.7. The molecule has 11 heteroatoms. The summed E-state index contributed by atoms with van der Waals surface area (Å²) >= 11 is 21.1. The number of carbonyl (C=O) groups is 2. The van der Waals surface area contributed by atoms with Crippen molar-refractivity contribution < 1.29 is 18.4 Å². The van der Waals surface area contributed by atoms with Gasteiger partial charge < -0.3 is 16.4 Å². The lowest BCUT2D eigenvalue weighted by Gasteiger charge is -2.11. The lowest BCUT2D eigenvalue weighted by atomic mass is 10.1. The van der Waals surface area contributed by atoms with Gasteiger partial charge in [-0.25, -0.2) is 8.78 Å². The zero-order chi connectivity index (χ0) is 24.8. The number of nitrogen functional groups attached to an aromatic ring is 1. The summed E-state index contributed by atoms with van der Waals surface area (Å²) in [4.78, 5) is 25.6. The van der Waals surface area contributed by atoms with Gasteiger partial charge in [-0.1, -0.05) is 23.7 Å². The molecule has 2 unspecified atom stereocenters. The largest absolute Gasteiger partial charge is 0.394 e. The number of carbonyl (C=O) groups excluding carboxylic acids is 2. The van der Waals surface area contributed by atoms with Crippen LogP contribution in [0.4, 0.5) is 25.8 Å². The number of nitrogens with one attached hydrogen (secondary N) is 2. The van der Waals surface area contributed by atoms with E-state index >= 15 is 0 Å². The highest BCUT2D eigenvalue weighted by Gasteiger charge is 2.67. The van der Waals surface area contributed by atoms with Crippen molar-refractivity contribution in [2.24, 2.45) is 5.92 Å². The quantitative estimate of drug-likeness (QED) is 0.168. The molecule has 0 radical (unpaired) electrons. The van der Waals surface area contributed by atoms with Gasteiger partial charge in [-0.2, -0.15) is 0 Å². The third-order valence-electron chi connectivity index (χ3n) is 5.40. The summed E-state index contributed by atoms with van der Waals surface area (Å²) in [6, 6.07) is 13.7. The molecule has 3 aromatic rings. The monoisotopic (exact) mass is 635 g/mol. The Morgan fingerprint density at radius 3 is 2.47 bits per heavy atom. The molecule has 4 N–H and O–H groups in total. The van der Waals surface area contributed by atoms with Gasteiger partial charge in [0.2, 0.25) is 5.91 Å². The van der Waals surface area contributed by atoms with E-state index in [2.05, 4.69) is 33.2 Å². The lowest BCUT2D eigenvalue weighted by molar-refractivity contribution is -0.117. The van der Waals surface area contributed by atoms with E-state index in [0.29, 0.717) is 0 Å². The molecule has 1 aliphatic carbocycles. The highest BCUT2D eigenvalue weighted by Crippen LogP contribution is 2.65. The van der Waals surface area contributed by atoms with Crippen LogP contribution in [-0.4, -0.2) is 16.1 Å². The number of hydrogen-bond acceptors (Lipinski definition) is 3. The summed E-state index contributed by atoms with van der Waals surface area (Å²) < 4.78 is 27.3. The highest BCUT2D eigenvalue weighted by molar-refractivity contribution is 14.1. The molecule has 1 saturated carbocycles. The summed E-state index contributed by atoms with van der Waals surface area (Å²) in [6.07, 6.45) is 0. The Labute approximate surface area is 222 Å². The van der Waals surface area contributed by atoms with E-state index in [1.54, 1.807) is 0 Å². The van der Waals surface area contributed by atoms with Gasteiger partial charge in [0.25, 0.3) is 5.91 Å². The Hall–Kier alpha value is -2.14. The predicted octanol–water partition coefficient (Wildman–Crippen LogP) is 6.58. The maximum absolute atomic E-state index is 14.2. The topological polar surface area (TPSA) is 84.2 Å². The molecule has 1 aliphatic rings. The molecule has 0 saturated heterocycles. The van der Waals surface area contributed by atoms with E-state index in [4.69, 9.17) is 40.5 Å². The summed E-state index contributed by atoms with van der Waals surface area (Å²) in [5.41, 5.74) is 5.34. The van der Waals surface area contributed by atoms with Crippen LogP contribution in [0, 0.1) is 21.1 Å². The first kappa shape index (κ1) is 25.0. The average Bonchev–Trinajstić information content (AvgIpc) is 3.37. The van der Waals surface area contributed by atoms with Gasteiger partial charge in [0.05, 0.1) is 22.2 Å². The number of halogens is 6. The molecule has 0 aromatic heterocycles. The first-order valence-corrected chi connectivity index (χ1v) is 12.0. The normalized spacial score (nSPS) is 18.3. The van der Waals surface area contributed by atoms with Gasteiger partial charge in [-0.05, 0) is 70.6 Å². The first-order valence-electron chi connectivity index (χ1n) is 9.79. The van der Waals surface area contributed by atoms with Crippen molar-refractivity contribution in [3.05, 3.63) is 86.0 Å². The van der Waals surface area contributed by atoms with Gasteiger partial charge in [0, 0.05) is 15.2 Å². The van der Waals surface area contributed by atoms with Gasteiger partial charge >= 0.3 is 0 Å². The van der Waals surface area contributed by atoms with E-state index in [9.17, 15) is 18.4 Å². The van der Waals surface area contributed by atoms with Crippen molar-refractivity contribution >= 4 is 86.3 Å². The molecule has 0 heterocycles. The van der Waals surface area contributed by atoms with Crippen LogP contribution in [0.2, 0.25) is 5.02 Å². The zero-order valence-corrected chi connectivity index (χ0v) is 21.4. The van der Waals surface area contributed by atoms with Gasteiger partial charge in [-0.3, -0.25) is 9.59 Å². The lowest BCUT2D eigenvalue weighted by Crippen LogP contribution is -2.18. The van der Waals surface area contributed by atoms with Crippen LogP contribution < -0.4 is 16.4 Å². The Kier molecular flexibility index (Phi) is 6.97. The van der Waals surface area contributed by atoms with E-state index in [1.807, 2.05) is 24.3 Å². The Balaban J connectivity index is 1.52. The molecule has 1 fully saturated rings. The molecular formula is C23H15Cl3F2IN3O2. The van der Waals surface area contributed by atoms with Crippen LogP contribution in [0.5, 0.6) is 0 Å². The molecule has 5 nitrogen and oxygen atoms in total. The number of anilines is 3. The molecule has 34 heavy (non-hydrogen) atoms. The van der Waals surface area contributed by atoms with Crippen LogP contribution in [0.15, 0.2) is 54.6 Å². The standard InChI is InChI=1S/C23H15Cl3F2IN3O2/c24-14-5-4-12(9-13(14)21(33)32-16-7-6-15(27)20(30)19(16)28)31-22(34)18-17(23(18,25)26)10-2-1-3-11(29)8-10/h1-9,17-18H,30H2,(H,31,34)(H,32,33). The van der Waals surface area contributed by atoms with Crippen molar-refractivity contribution in [2.45, 2.75) is 10.3 Å². The maximum atomic E-state index is 14.2. The van der Waals surface area contributed by atoms with Crippen LogP contribution in [0.25, 0.3) is 0 Å². The summed E-state index contributed by atoms with van der Waals surface area (Å²) in [6.45, 7) is 0. The summed E-state index contributed by atoms with van der Waals surface area (Å²) in [7, 11) is 0. The smallest absolute Gasteiger partial charge is 0.257 e. The molecule has 3 aromatic carbocycles. The number of benzene rings is 3. The Bertz CT molecular complexity index is 1320. The van der Waals surface area contributed by atoms with Gasteiger partial charge in [0.1, 0.15) is 15.8 Å². The minimum Gasteiger partial charge on any atom is -0.394 e. The minimum atomic E-state index is -1.28. The average molecular weight is 637 g/mol. The van der Waals surface area contributed by atoms with Crippen LogP contribution in [0.3, 0.4) is 0 Å². The van der Waals surface area contributed by atoms with Crippen LogP contribution in [0.1, 0.15) is 21.8 Å². The second kappa shape index (κ2) is 9.49. The van der Waals surface area contributed by atoms with Crippen molar-refractivity contribution in [3.63, 3.8) is 0 Å². The molecule has 2 amide bonds. The molecule has 4 rings (SSSR count).